The summed E-state index contributed by atoms with van der Waals surface area (Å²) in [4.78, 5) is 0. The third-order valence-electron chi connectivity index (χ3n) is 3.10. The van der Waals surface area contributed by atoms with Crippen LogP contribution in [0.15, 0.2) is 30.5 Å². The van der Waals surface area contributed by atoms with E-state index in [2.05, 4.69) is 6.92 Å². The van der Waals surface area contributed by atoms with Gasteiger partial charge in [0.25, 0.3) is 0 Å². The Bertz CT molecular complexity index is 525. The molecule has 98 valence electrons. The van der Waals surface area contributed by atoms with Crippen molar-refractivity contribution in [3.8, 4) is 0 Å². The lowest BCUT2D eigenvalue weighted by Gasteiger charge is -2.08. The van der Waals surface area contributed by atoms with Gasteiger partial charge in [-0.05, 0) is 30.7 Å². The molecule has 0 fully saturated rings. The SMILES string of the molecule is CCCCCn1ccc2cc(C(F)(F)F)ccc21. The van der Waals surface area contributed by atoms with Crippen molar-refractivity contribution in [2.45, 2.75) is 38.9 Å². The highest BCUT2D eigenvalue weighted by Gasteiger charge is 2.30. The van der Waals surface area contributed by atoms with Crippen LogP contribution >= 0.6 is 0 Å². The summed E-state index contributed by atoms with van der Waals surface area (Å²) >= 11 is 0. The number of fused-ring (bicyclic) bond motifs is 1. The molecule has 0 radical (unpaired) electrons. The minimum Gasteiger partial charge on any atom is -0.347 e. The van der Waals surface area contributed by atoms with Gasteiger partial charge in [0.05, 0.1) is 5.56 Å². The molecule has 0 amide bonds. The van der Waals surface area contributed by atoms with Crippen LogP contribution in [0.1, 0.15) is 31.7 Å². The number of halogens is 3. The molecule has 2 rings (SSSR count). The average Bonchev–Trinajstić information content (AvgIpc) is 2.71. The van der Waals surface area contributed by atoms with Gasteiger partial charge < -0.3 is 4.57 Å². The van der Waals surface area contributed by atoms with Crippen LogP contribution in [0.5, 0.6) is 0 Å². The summed E-state index contributed by atoms with van der Waals surface area (Å²) in [5.74, 6) is 0. The second kappa shape index (κ2) is 5.04. The van der Waals surface area contributed by atoms with Gasteiger partial charge in [-0.1, -0.05) is 19.8 Å². The normalized spacial score (nSPS) is 12.2. The fourth-order valence-corrected chi connectivity index (χ4v) is 2.10. The van der Waals surface area contributed by atoms with Crippen molar-refractivity contribution >= 4 is 10.9 Å². The van der Waals surface area contributed by atoms with E-state index in [0.717, 1.165) is 37.4 Å². The molecule has 2 aromatic rings. The van der Waals surface area contributed by atoms with Gasteiger partial charge in [-0.25, -0.2) is 0 Å². The number of aromatic nitrogens is 1. The predicted octanol–water partition coefficient (Wildman–Crippen LogP) is 4.85. The van der Waals surface area contributed by atoms with Gasteiger partial charge in [0.15, 0.2) is 0 Å². The predicted molar refractivity (Wildman–Crippen MR) is 66.5 cm³/mol. The first-order valence-corrected chi connectivity index (χ1v) is 6.18. The maximum absolute atomic E-state index is 12.6. The van der Waals surface area contributed by atoms with E-state index in [9.17, 15) is 13.2 Å². The minimum absolute atomic E-state index is 0.582. The Kier molecular flexibility index (Phi) is 3.64. The molecule has 1 nitrogen and oxygen atoms in total. The van der Waals surface area contributed by atoms with E-state index >= 15 is 0 Å². The molecule has 0 N–H and O–H groups in total. The number of benzene rings is 1. The first kappa shape index (κ1) is 13.0. The smallest absolute Gasteiger partial charge is 0.347 e. The van der Waals surface area contributed by atoms with Crippen LogP contribution in [0.25, 0.3) is 10.9 Å². The van der Waals surface area contributed by atoms with E-state index in [1.807, 2.05) is 10.8 Å². The van der Waals surface area contributed by atoms with E-state index < -0.39 is 11.7 Å². The van der Waals surface area contributed by atoms with Crippen LogP contribution in [0, 0.1) is 0 Å². The molecule has 1 aromatic heterocycles. The molecule has 1 heterocycles. The molecule has 0 aliphatic heterocycles. The number of nitrogens with zero attached hydrogens (tertiary/aromatic N) is 1. The highest BCUT2D eigenvalue weighted by Crippen LogP contribution is 2.31. The van der Waals surface area contributed by atoms with E-state index in [0.29, 0.717) is 5.39 Å². The maximum atomic E-state index is 12.6. The zero-order valence-electron chi connectivity index (χ0n) is 10.3. The van der Waals surface area contributed by atoms with Crippen LogP contribution in [0.3, 0.4) is 0 Å². The number of unbranched alkanes of at least 4 members (excludes halogenated alkanes) is 2. The molecule has 0 saturated heterocycles. The Balaban J connectivity index is 2.26. The van der Waals surface area contributed by atoms with Crippen molar-refractivity contribution in [2.24, 2.45) is 0 Å². The summed E-state index contributed by atoms with van der Waals surface area (Å²) in [6.45, 7) is 2.99. The van der Waals surface area contributed by atoms with E-state index in [-0.39, 0.29) is 0 Å². The monoisotopic (exact) mass is 255 g/mol. The standard InChI is InChI=1S/C14H16F3N/c1-2-3-4-8-18-9-7-11-10-12(14(15,16)17)5-6-13(11)18/h5-7,9-10H,2-4,8H2,1H3. The zero-order valence-corrected chi connectivity index (χ0v) is 10.3. The van der Waals surface area contributed by atoms with Crippen LogP contribution in [0.2, 0.25) is 0 Å². The van der Waals surface area contributed by atoms with Gasteiger partial charge in [-0.2, -0.15) is 13.2 Å². The van der Waals surface area contributed by atoms with Gasteiger partial charge in [-0.3, -0.25) is 0 Å². The zero-order chi connectivity index (χ0) is 13.2. The number of hydrogen-bond donors (Lipinski definition) is 0. The quantitative estimate of drug-likeness (QED) is 0.688. The Morgan fingerprint density at radius 3 is 2.56 bits per heavy atom. The fraction of sp³-hybridized carbons (Fsp3) is 0.429. The molecule has 0 saturated carbocycles. The fourth-order valence-electron chi connectivity index (χ4n) is 2.10. The molecule has 0 atom stereocenters. The number of alkyl halides is 3. The molecular weight excluding hydrogens is 239 g/mol. The molecule has 0 aliphatic carbocycles. The molecular formula is C14H16F3N. The highest BCUT2D eigenvalue weighted by atomic mass is 19.4. The summed E-state index contributed by atoms with van der Waals surface area (Å²) in [5.41, 5.74) is 0.292. The summed E-state index contributed by atoms with van der Waals surface area (Å²) in [6, 6.07) is 5.67. The lowest BCUT2D eigenvalue weighted by Crippen LogP contribution is -2.04. The number of rotatable bonds is 4. The van der Waals surface area contributed by atoms with E-state index in [1.54, 1.807) is 12.1 Å². The second-order valence-corrected chi connectivity index (χ2v) is 4.49. The van der Waals surface area contributed by atoms with Crippen LogP contribution in [-0.2, 0) is 12.7 Å². The van der Waals surface area contributed by atoms with Crippen LogP contribution < -0.4 is 0 Å². The Morgan fingerprint density at radius 2 is 1.89 bits per heavy atom. The average molecular weight is 255 g/mol. The van der Waals surface area contributed by atoms with Gasteiger partial charge in [0.1, 0.15) is 0 Å². The van der Waals surface area contributed by atoms with Crippen molar-refractivity contribution in [3.63, 3.8) is 0 Å². The second-order valence-electron chi connectivity index (χ2n) is 4.49. The Morgan fingerprint density at radius 1 is 1.11 bits per heavy atom. The number of aryl methyl sites for hydroxylation is 1. The Hall–Kier alpha value is -1.45. The molecule has 4 heteroatoms. The Labute approximate surface area is 104 Å². The van der Waals surface area contributed by atoms with Crippen molar-refractivity contribution < 1.29 is 13.2 Å². The first-order valence-electron chi connectivity index (χ1n) is 6.18. The number of hydrogen-bond acceptors (Lipinski definition) is 0. The van der Waals surface area contributed by atoms with Gasteiger partial charge in [0, 0.05) is 23.6 Å². The van der Waals surface area contributed by atoms with Gasteiger partial charge in [-0.15, -0.1) is 0 Å². The highest BCUT2D eigenvalue weighted by molar-refractivity contribution is 5.81. The van der Waals surface area contributed by atoms with Crippen LogP contribution in [0.4, 0.5) is 13.2 Å². The first-order chi connectivity index (χ1) is 8.52. The minimum atomic E-state index is -4.27. The topological polar surface area (TPSA) is 4.93 Å². The van der Waals surface area contributed by atoms with E-state index in [4.69, 9.17) is 0 Å². The third-order valence-corrected chi connectivity index (χ3v) is 3.10. The molecule has 0 unspecified atom stereocenters. The molecule has 0 spiro atoms. The van der Waals surface area contributed by atoms with Crippen molar-refractivity contribution in [2.75, 3.05) is 0 Å². The molecule has 0 aliphatic rings. The van der Waals surface area contributed by atoms with Crippen molar-refractivity contribution in [3.05, 3.63) is 36.0 Å². The van der Waals surface area contributed by atoms with Crippen molar-refractivity contribution in [1.82, 2.24) is 4.57 Å². The lowest BCUT2D eigenvalue weighted by molar-refractivity contribution is -0.137. The largest absolute Gasteiger partial charge is 0.416 e. The van der Waals surface area contributed by atoms with E-state index in [1.165, 1.54) is 6.07 Å². The maximum Gasteiger partial charge on any atom is 0.416 e. The molecule has 1 aromatic carbocycles. The van der Waals surface area contributed by atoms with Crippen molar-refractivity contribution in [1.29, 1.82) is 0 Å². The summed E-state index contributed by atoms with van der Waals surface area (Å²) in [6.07, 6.45) is 0.929. The summed E-state index contributed by atoms with van der Waals surface area (Å²) < 4.78 is 39.7. The van der Waals surface area contributed by atoms with Gasteiger partial charge in [0.2, 0.25) is 0 Å². The molecule has 18 heavy (non-hydrogen) atoms. The summed E-state index contributed by atoms with van der Waals surface area (Å²) in [7, 11) is 0. The third kappa shape index (κ3) is 2.68. The molecule has 0 bridgehead atoms. The summed E-state index contributed by atoms with van der Waals surface area (Å²) in [5, 5.41) is 0.654. The van der Waals surface area contributed by atoms with Crippen LogP contribution in [-0.4, -0.2) is 4.57 Å². The lowest BCUT2D eigenvalue weighted by atomic mass is 10.1. The van der Waals surface area contributed by atoms with Gasteiger partial charge >= 0.3 is 6.18 Å².